The standard InChI is InChI=1S/C12H18O5/c1-3-16-11(14)7-5-6-10(13)8-9-12(15)17-4-2/h5,7-10,13H,3-4,6H2,1-2H3/b7-5+,9-8+/t10-/m1/s1. The summed E-state index contributed by atoms with van der Waals surface area (Å²) < 4.78 is 9.29. The predicted octanol–water partition coefficient (Wildman–Crippen LogP) is 0.976. The van der Waals surface area contributed by atoms with E-state index in [-0.39, 0.29) is 6.42 Å². The van der Waals surface area contributed by atoms with E-state index in [2.05, 4.69) is 9.47 Å². The van der Waals surface area contributed by atoms with Crippen LogP contribution in [-0.4, -0.2) is 36.4 Å². The van der Waals surface area contributed by atoms with Gasteiger partial charge in [0.05, 0.1) is 19.3 Å². The summed E-state index contributed by atoms with van der Waals surface area (Å²) in [7, 11) is 0. The molecule has 0 saturated heterocycles. The van der Waals surface area contributed by atoms with Gasteiger partial charge in [-0.3, -0.25) is 0 Å². The second-order valence-electron chi connectivity index (χ2n) is 3.07. The molecule has 96 valence electrons. The Hall–Kier alpha value is -1.62. The summed E-state index contributed by atoms with van der Waals surface area (Å²) in [6, 6.07) is 0. The Morgan fingerprint density at radius 1 is 1.12 bits per heavy atom. The van der Waals surface area contributed by atoms with E-state index >= 15 is 0 Å². The zero-order valence-electron chi connectivity index (χ0n) is 10.1. The molecule has 17 heavy (non-hydrogen) atoms. The van der Waals surface area contributed by atoms with Crippen molar-refractivity contribution in [2.45, 2.75) is 26.4 Å². The van der Waals surface area contributed by atoms with Gasteiger partial charge in [0, 0.05) is 12.2 Å². The summed E-state index contributed by atoms with van der Waals surface area (Å²) in [5.74, 6) is -0.949. The summed E-state index contributed by atoms with van der Waals surface area (Å²) in [5.41, 5.74) is 0. The lowest BCUT2D eigenvalue weighted by molar-refractivity contribution is -0.138. The number of carbonyl (C=O) groups is 2. The molecule has 0 spiro atoms. The van der Waals surface area contributed by atoms with Crippen molar-refractivity contribution in [2.24, 2.45) is 0 Å². The van der Waals surface area contributed by atoms with Crippen molar-refractivity contribution in [1.82, 2.24) is 0 Å². The van der Waals surface area contributed by atoms with Gasteiger partial charge >= 0.3 is 11.9 Å². The number of esters is 2. The largest absolute Gasteiger partial charge is 0.463 e. The van der Waals surface area contributed by atoms with Crippen LogP contribution in [0.15, 0.2) is 24.3 Å². The first-order valence-electron chi connectivity index (χ1n) is 5.46. The molecule has 0 aliphatic rings. The van der Waals surface area contributed by atoms with Gasteiger partial charge in [0.1, 0.15) is 0 Å². The first kappa shape index (κ1) is 15.4. The van der Waals surface area contributed by atoms with E-state index in [1.165, 1.54) is 18.2 Å². The van der Waals surface area contributed by atoms with Crippen molar-refractivity contribution in [1.29, 1.82) is 0 Å². The van der Waals surface area contributed by atoms with Gasteiger partial charge in [-0.25, -0.2) is 9.59 Å². The lowest BCUT2D eigenvalue weighted by atomic mass is 10.2. The molecular weight excluding hydrogens is 224 g/mol. The van der Waals surface area contributed by atoms with E-state index in [4.69, 9.17) is 0 Å². The van der Waals surface area contributed by atoms with Crippen molar-refractivity contribution >= 4 is 11.9 Å². The Balaban J connectivity index is 3.90. The fraction of sp³-hybridized carbons (Fsp3) is 0.500. The van der Waals surface area contributed by atoms with Crippen molar-refractivity contribution in [3.05, 3.63) is 24.3 Å². The molecule has 0 aromatic heterocycles. The molecule has 0 radical (unpaired) electrons. The number of hydrogen-bond acceptors (Lipinski definition) is 5. The van der Waals surface area contributed by atoms with Gasteiger partial charge in [-0.05, 0) is 26.3 Å². The van der Waals surface area contributed by atoms with Crippen LogP contribution in [0.4, 0.5) is 0 Å². The maximum absolute atomic E-state index is 10.9. The van der Waals surface area contributed by atoms with Gasteiger partial charge in [-0.2, -0.15) is 0 Å². The van der Waals surface area contributed by atoms with Gasteiger partial charge in [0.2, 0.25) is 0 Å². The maximum Gasteiger partial charge on any atom is 0.330 e. The zero-order valence-corrected chi connectivity index (χ0v) is 10.1. The van der Waals surface area contributed by atoms with Crippen molar-refractivity contribution in [2.75, 3.05) is 13.2 Å². The molecule has 0 aromatic rings. The molecule has 0 amide bonds. The average Bonchev–Trinajstić information content (AvgIpc) is 2.27. The van der Waals surface area contributed by atoms with E-state index in [9.17, 15) is 14.7 Å². The van der Waals surface area contributed by atoms with Gasteiger partial charge < -0.3 is 14.6 Å². The molecular formula is C12H18O5. The van der Waals surface area contributed by atoms with Crippen LogP contribution in [0.1, 0.15) is 20.3 Å². The Kier molecular flexibility index (Phi) is 8.68. The minimum atomic E-state index is -0.829. The molecule has 0 aliphatic carbocycles. The summed E-state index contributed by atoms with van der Waals surface area (Å²) in [4.78, 5) is 21.8. The highest BCUT2D eigenvalue weighted by molar-refractivity contribution is 5.82. The highest BCUT2D eigenvalue weighted by Crippen LogP contribution is 1.96. The van der Waals surface area contributed by atoms with Gasteiger partial charge in [-0.1, -0.05) is 6.08 Å². The van der Waals surface area contributed by atoms with Crippen molar-refractivity contribution in [3.63, 3.8) is 0 Å². The number of ether oxygens (including phenoxy) is 2. The number of carbonyl (C=O) groups excluding carboxylic acids is 2. The van der Waals surface area contributed by atoms with Crippen LogP contribution < -0.4 is 0 Å². The lowest BCUT2D eigenvalue weighted by Crippen LogP contribution is -2.05. The molecule has 0 aromatic carbocycles. The van der Waals surface area contributed by atoms with E-state index < -0.39 is 18.0 Å². The lowest BCUT2D eigenvalue weighted by Gasteiger charge is -2.00. The molecule has 0 fully saturated rings. The molecule has 0 bridgehead atoms. The Bertz CT molecular complexity index is 293. The maximum atomic E-state index is 10.9. The van der Waals surface area contributed by atoms with E-state index in [0.29, 0.717) is 13.2 Å². The molecule has 0 saturated carbocycles. The van der Waals surface area contributed by atoms with Crippen LogP contribution in [0.2, 0.25) is 0 Å². The molecule has 1 atom stereocenters. The quantitative estimate of drug-likeness (QED) is 0.532. The first-order chi connectivity index (χ1) is 8.10. The summed E-state index contributed by atoms with van der Waals surface area (Å²) in [5, 5.41) is 9.41. The topological polar surface area (TPSA) is 72.8 Å². The van der Waals surface area contributed by atoms with Crippen LogP contribution >= 0.6 is 0 Å². The van der Waals surface area contributed by atoms with Gasteiger partial charge in [0.15, 0.2) is 0 Å². The molecule has 5 heteroatoms. The molecule has 0 aliphatic heterocycles. The Morgan fingerprint density at radius 2 is 1.65 bits per heavy atom. The van der Waals surface area contributed by atoms with Crippen LogP contribution in [0.25, 0.3) is 0 Å². The van der Waals surface area contributed by atoms with E-state index in [1.807, 2.05) is 0 Å². The third-order valence-corrected chi connectivity index (χ3v) is 1.66. The second kappa shape index (κ2) is 9.59. The number of aliphatic hydroxyl groups excluding tert-OH is 1. The number of aliphatic hydroxyl groups is 1. The average molecular weight is 242 g/mol. The van der Waals surface area contributed by atoms with E-state index in [1.54, 1.807) is 13.8 Å². The summed E-state index contributed by atoms with van der Waals surface area (Å²) >= 11 is 0. The van der Waals surface area contributed by atoms with Gasteiger partial charge in [-0.15, -0.1) is 0 Å². The second-order valence-corrected chi connectivity index (χ2v) is 3.07. The number of rotatable bonds is 7. The smallest absolute Gasteiger partial charge is 0.330 e. The first-order valence-corrected chi connectivity index (χ1v) is 5.46. The Morgan fingerprint density at radius 3 is 2.18 bits per heavy atom. The third-order valence-electron chi connectivity index (χ3n) is 1.66. The SMILES string of the molecule is CCOC(=O)/C=C/C[C@@H](O)/C=C/C(=O)OCC. The van der Waals surface area contributed by atoms with E-state index in [0.717, 1.165) is 6.08 Å². The summed E-state index contributed by atoms with van der Waals surface area (Å²) in [6.45, 7) is 4.02. The normalized spacial score (nSPS) is 12.9. The zero-order chi connectivity index (χ0) is 13.1. The monoisotopic (exact) mass is 242 g/mol. The Labute approximate surface area is 101 Å². The molecule has 0 rings (SSSR count). The summed E-state index contributed by atoms with van der Waals surface area (Å²) in [6.07, 6.45) is 4.60. The van der Waals surface area contributed by atoms with Crippen LogP contribution in [0, 0.1) is 0 Å². The third kappa shape index (κ3) is 9.32. The number of hydrogen-bond donors (Lipinski definition) is 1. The molecule has 5 nitrogen and oxygen atoms in total. The molecule has 0 heterocycles. The van der Waals surface area contributed by atoms with Crippen LogP contribution in [0.3, 0.4) is 0 Å². The van der Waals surface area contributed by atoms with Crippen molar-refractivity contribution < 1.29 is 24.2 Å². The predicted molar refractivity (Wildman–Crippen MR) is 62.2 cm³/mol. The highest BCUT2D eigenvalue weighted by Gasteiger charge is 2.00. The molecule has 1 N–H and O–H groups in total. The van der Waals surface area contributed by atoms with Crippen molar-refractivity contribution in [3.8, 4) is 0 Å². The molecule has 0 unspecified atom stereocenters. The highest BCUT2D eigenvalue weighted by atomic mass is 16.5. The minimum absolute atomic E-state index is 0.231. The fourth-order valence-corrected chi connectivity index (χ4v) is 0.953. The fourth-order valence-electron chi connectivity index (χ4n) is 0.953. The van der Waals surface area contributed by atoms with Gasteiger partial charge in [0.25, 0.3) is 0 Å². The minimum Gasteiger partial charge on any atom is -0.463 e. The van der Waals surface area contributed by atoms with Crippen LogP contribution in [-0.2, 0) is 19.1 Å². The van der Waals surface area contributed by atoms with Crippen LogP contribution in [0.5, 0.6) is 0 Å².